The van der Waals surface area contributed by atoms with Gasteiger partial charge in [-0.05, 0) is 134 Å². The van der Waals surface area contributed by atoms with Gasteiger partial charge in [0.1, 0.15) is 6.04 Å². The maximum Gasteiger partial charge on any atom is 0.238 e. The molecule has 0 aromatic carbocycles. The monoisotopic (exact) mass is 837 g/mol. The standard InChI is InChI=1S/C45H76N10O3S/c1-27-29(3)59-44-40(27)41(47-28(2)42-52-49-30(4)55(42)44)31-7-12-34(13-8-31)53-21-6-19-45(25-53)20-22-54(26-45)39-18-17-37(50-51-39)43(56)48-33-10-15-35(16-11-33)58-36-14-9-32(24-46)38(23-36)57-5/h27-40,42,44,49-52H,6-23,25-26H2,1-5H3,(H,48,56)/t27?,28-,29?,30?,31?,32?,33?,34?,35?,36?,37?,38?,39?,40?,42?,44?,45?/m0/s1. The molecule has 1 spiro atoms. The van der Waals surface area contributed by atoms with Crippen LogP contribution >= 0.6 is 11.8 Å². The third-order valence-corrected chi connectivity index (χ3v) is 18.6. The summed E-state index contributed by atoms with van der Waals surface area (Å²) in [5.41, 5.74) is 16.1. The number of hydrogen-bond acceptors (Lipinski definition) is 13. The molecule has 59 heavy (non-hydrogen) atoms. The Balaban J connectivity index is 0.710. The van der Waals surface area contributed by atoms with Gasteiger partial charge in [-0.1, -0.05) is 13.8 Å². The topological polar surface area (TPSA) is 142 Å². The second-order valence-electron chi connectivity index (χ2n) is 20.6. The summed E-state index contributed by atoms with van der Waals surface area (Å²) in [4.78, 5) is 27.3. The van der Waals surface area contributed by atoms with E-state index in [1.807, 2.05) is 0 Å². The van der Waals surface area contributed by atoms with Crippen molar-refractivity contribution in [3.8, 4) is 6.07 Å². The van der Waals surface area contributed by atoms with E-state index in [0.29, 0.717) is 46.0 Å². The molecule has 8 fully saturated rings. The van der Waals surface area contributed by atoms with Crippen LogP contribution in [0.1, 0.15) is 130 Å². The Labute approximate surface area is 359 Å². The van der Waals surface area contributed by atoms with Crippen LogP contribution in [0.2, 0.25) is 0 Å². The first kappa shape index (κ1) is 42.9. The van der Waals surface area contributed by atoms with Crippen LogP contribution in [0.5, 0.6) is 0 Å². The number of carbonyl (C=O) groups excluding carboxylic acids is 1. The van der Waals surface area contributed by atoms with Gasteiger partial charge in [0.05, 0.1) is 60.2 Å². The maximum absolute atomic E-state index is 13.4. The maximum atomic E-state index is 13.4. The van der Waals surface area contributed by atoms with Gasteiger partial charge in [0.15, 0.2) is 0 Å². The molecular formula is C45H76N10O3S. The second kappa shape index (κ2) is 18.4. The number of carbonyl (C=O) groups is 1. The number of fused-ring (bicyclic) bond motifs is 3. The Bertz CT molecular complexity index is 1530. The number of hydrazine groups is 2. The average Bonchev–Trinajstić information content (AvgIpc) is 3.92. The molecule has 9 aliphatic rings. The van der Waals surface area contributed by atoms with E-state index >= 15 is 0 Å². The largest absolute Gasteiger partial charge is 0.380 e. The number of nitrogens with one attached hydrogen (secondary N) is 5. The molecule has 0 radical (unpaired) electrons. The van der Waals surface area contributed by atoms with E-state index in [4.69, 9.17) is 14.5 Å². The minimum Gasteiger partial charge on any atom is -0.380 e. The first-order valence-corrected chi connectivity index (χ1v) is 24.9. The zero-order valence-electron chi connectivity index (χ0n) is 36.7. The van der Waals surface area contributed by atoms with Crippen LogP contribution in [0, 0.1) is 40.4 Å². The lowest BCUT2D eigenvalue weighted by molar-refractivity contribution is -0.126. The second-order valence-corrected chi connectivity index (χ2v) is 22.1. The fraction of sp³-hybridized carbons (Fsp3) is 0.933. The van der Waals surface area contributed by atoms with E-state index in [2.05, 4.69) is 87.2 Å². The fourth-order valence-corrected chi connectivity index (χ4v) is 15.2. The molecule has 3 aliphatic carbocycles. The van der Waals surface area contributed by atoms with Crippen molar-refractivity contribution in [2.75, 3.05) is 33.3 Å². The number of nitrogens with zero attached hydrogens (tertiary/aromatic N) is 5. The van der Waals surface area contributed by atoms with Gasteiger partial charge in [0.25, 0.3) is 0 Å². The number of methoxy groups -OCH3 is 1. The van der Waals surface area contributed by atoms with Gasteiger partial charge in [0.2, 0.25) is 5.91 Å². The number of hydrogen-bond donors (Lipinski definition) is 5. The van der Waals surface area contributed by atoms with Crippen LogP contribution in [-0.4, -0.2) is 131 Å². The van der Waals surface area contributed by atoms with Crippen LogP contribution in [0.4, 0.5) is 0 Å². The smallest absolute Gasteiger partial charge is 0.238 e. The zero-order valence-corrected chi connectivity index (χ0v) is 37.6. The minimum absolute atomic E-state index is 0.0242. The van der Waals surface area contributed by atoms with Crippen molar-refractivity contribution in [3.63, 3.8) is 0 Å². The summed E-state index contributed by atoms with van der Waals surface area (Å²) in [6.45, 7) is 14.4. The molecule has 0 bridgehead atoms. The van der Waals surface area contributed by atoms with Crippen LogP contribution in [0.25, 0.3) is 0 Å². The van der Waals surface area contributed by atoms with E-state index < -0.39 is 0 Å². The van der Waals surface area contributed by atoms with E-state index in [-0.39, 0.29) is 60.6 Å². The third kappa shape index (κ3) is 8.92. The predicted molar refractivity (Wildman–Crippen MR) is 233 cm³/mol. The highest BCUT2D eigenvalue weighted by Crippen LogP contribution is 2.51. The summed E-state index contributed by atoms with van der Waals surface area (Å²) < 4.78 is 12.1. The van der Waals surface area contributed by atoms with Crippen LogP contribution in [-0.2, 0) is 14.3 Å². The summed E-state index contributed by atoms with van der Waals surface area (Å²) in [5, 5.41) is 13.9. The molecule has 6 heterocycles. The Morgan fingerprint density at radius 1 is 0.881 bits per heavy atom. The Morgan fingerprint density at radius 3 is 2.41 bits per heavy atom. The number of piperidine rings is 1. The molecule has 13 nitrogen and oxygen atoms in total. The van der Waals surface area contributed by atoms with Crippen LogP contribution in [0.3, 0.4) is 0 Å². The molecule has 330 valence electrons. The zero-order chi connectivity index (χ0) is 40.8. The molecule has 9 rings (SSSR count). The quantitative estimate of drug-likeness (QED) is 0.232. The van der Waals surface area contributed by atoms with Gasteiger partial charge in [-0.2, -0.15) is 5.26 Å². The van der Waals surface area contributed by atoms with E-state index in [1.54, 1.807) is 12.8 Å². The summed E-state index contributed by atoms with van der Waals surface area (Å²) in [7, 11) is 1.70. The first-order valence-electron chi connectivity index (χ1n) is 24.0. The highest BCUT2D eigenvalue weighted by Gasteiger charge is 2.54. The van der Waals surface area contributed by atoms with Gasteiger partial charge in [-0.15, -0.1) is 11.8 Å². The molecule has 14 heteroatoms. The van der Waals surface area contributed by atoms with Gasteiger partial charge in [-0.3, -0.25) is 24.5 Å². The van der Waals surface area contributed by atoms with E-state index in [0.717, 1.165) is 70.9 Å². The third-order valence-electron chi connectivity index (χ3n) is 16.9. The lowest BCUT2D eigenvalue weighted by Crippen LogP contribution is -2.62. The van der Waals surface area contributed by atoms with Crippen molar-refractivity contribution in [1.29, 1.82) is 5.26 Å². The Hall–Kier alpha value is -1.38. The molecule has 1 amide bonds. The molecule has 3 saturated carbocycles. The average molecular weight is 837 g/mol. The van der Waals surface area contributed by atoms with Gasteiger partial charge >= 0.3 is 0 Å². The SMILES string of the molecule is COC1CC(OC2CCC(NC(=O)C3CCC(N4CCC5(CCCN(C6CCC(C7=N[C@@H](C)C8NNC(C)N8C8SC(C)C(C)C78)CC6)C5)C4)NN3)CC2)CCC1C#N. The molecule has 6 aliphatic heterocycles. The molecule has 12 unspecified atom stereocenters. The molecule has 0 aromatic rings. The summed E-state index contributed by atoms with van der Waals surface area (Å²) in [6.07, 6.45) is 18.7. The highest BCUT2D eigenvalue weighted by atomic mass is 32.2. The molecule has 0 aromatic heterocycles. The van der Waals surface area contributed by atoms with Gasteiger partial charge in [0, 0.05) is 62.1 Å². The Morgan fingerprint density at radius 2 is 1.66 bits per heavy atom. The summed E-state index contributed by atoms with van der Waals surface area (Å²) >= 11 is 2.19. The minimum atomic E-state index is -0.190. The fourth-order valence-electron chi connectivity index (χ4n) is 13.3. The Kier molecular flexibility index (Phi) is 13.4. The lowest BCUT2D eigenvalue weighted by atomic mass is 9.73. The summed E-state index contributed by atoms with van der Waals surface area (Å²) in [5.74, 6) is 1.93. The number of rotatable bonds is 8. The lowest BCUT2D eigenvalue weighted by Gasteiger charge is -2.47. The number of nitriles is 1. The van der Waals surface area contributed by atoms with Crippen molar-refractivity contribution in [3.05, 3.63) is 0 Å². The number of ether oxygens (including phenoxy) is 2. The van der Waals surface area contributed by atoms with Crippen LogP contribution < -0.4 is 27.0 Å². The van der Waals surface area contributed by atoms with Gasteiger partial charge < -0.3 is 14.8 Å². The number of thioether (sulfide) groups is 1. The summed E-state index contributed by atoms with van der Waals surface area (Å²) in [6, 6.07) is 3.38. The van der Waals surface area contributed by atoms with Gasteiger partial charge in [-0.25, -0.2) is 21.7 Å². The van der Waals surface area contributed by atoms with E-state index in [9.17, 15) is 10.1 Å². The van der Waals surface area contributed by atoms with Crippen LogP contribution in [0.15, 0.2) is 4.99 Å². The molecule has 13 atom stereocenters. The molecule has 5 N–H and O–H groups in total. The predicted octanol–water partition coefficient (Wildman–Crippen LogP) is 4.71. The van der Waals surface area contributed by atoms with Crippen molar-refractivity contribution in [2.45, 2.75) is 202 Å². The number of amides is 1. The van der Waals surface area contributed by atoms with Crippen molar-refractivity contribution < 1.29 is 14.3 Å². The van der Waals surface area contributed by atoms with Crippen molar-refractivity contribution in [2.24, 2.45) is 34.1 Å². The normalized spacial score (nSPS) is 47.6. The first-order chi connectivity index (χ1) is 28.6. The highest BCUT2D eigenvalue weighted by molar-refractivity contribution is 8.00. The van der Waals surface area contributed by atoms with Crippen molar-refractivity contribution in [1.82, 2.24) is 41.7 Å². The molecule has 5 saturated heterocycles. The van der Waals surface area contributed by atoms with E-state index in [1.165, 1.54) is 58.0 Å². The molecular weight excluding hydrogens is 761 g/mol. The number of aliphatic imine (C=N–C) groups is 1. The van der Waals surface area contributed by atoms with Crippen molar-refractivity contribution >= 4 is 23.4 Å². The number of likely N-dealkylation sites (tertiary alicyclic amines) is 2.